The molecule has 0 spiro atoms. The number of hydrogen-bond donors (Lipinski definition) is 0. The maximum atomic E-state index is 12.6. The summed E-state index contributed by atoms with van der Waals surface area (Å²) in [6, 6.07) is 1.49. The molecule has 3 aromatic heterocycles. The molecule has 1 fully saturated rings. The highest BCUT2D eigenvalue weighted by molar-refractivity contribution is 5.92. The Morgan fingerprint density at radius 1 is 1.21 bits per heavy atom. The van der Waals surface area contributed by atoms with Gasteiger partial charge in [-0.25, -0.2) is 4.98 Å². The first kappa shape index (κ1) is 18.1. The monoisotopic (exact) mass is 394 g/mol. The lowest BCUT2D eigenvalue weighted by Gasteiger charge is -2.31. The van der Waals surface area contributed by atoms with E-state index in [9.17, 15) is 18.0 Å². The molecule has 0 N–H and O–H groups in total. The number of alkyl halides is 3. The molecule has 0 aromatic carbocycles. The van der Waals surface area contributed by atoms with Gasteiger partial charge in [-0.05, 0) is 12.8 Å². The highest BCUT2D eigenvalue weighted by atomic mass is 19.4. The van der Waals surface area contributed by atoms with Crippen LogP contribution < -0.4 is 0 Å². The zero-order valence-corrected chi connectivity index (χ0v) is 14.3. The number of likely N-dealkylation sites (tertiary alicyclic amines) is 1. The largest absolute Gasteiger partial charge is 0.471 e. The summed E-state index contributed by atoms with van der Waals surface area (Å²) in [4.78, 5) is 25.8. The van der Waals surface area contributed by atoms with E-state index in [0.717, 1.165) is 12.8 Å². The molecular formula is C16H13F3N6O3. The Kier molecular flexibility index (Phi) is 4.53. The van der Waals surface area contributed by atoms with Gasteiger partial charge in [0.15, 0.2) is 5.69 Å². The molecule has 3 aromatic rings. The van der Waals surface area contributed by atoms with E-state index in [2.05, 4.69) is 29.8 Å². The fourth-order valence-electron chi connectivity index (χ4n) is 3.02. The molecule has 146 valence electrons. The van der Waals surface area contributed by atoms with Crippen molar-refractivity contribution in [2.24, 2.45) is 0 Å². The second-order valence-corrected chi connectivity index (χ2v) is 6.23. The molecule has 4 rings (SSSR count). The summed E-state index contributed by atoms with van der Waals surface area (Å²) in [5, 5.41) is 6.98. The third kappa shape index (κ3) is 3.57. The van der Waals surface area contributed by atoms with Crippen molar-refractivity contribution in [1.82, 2.24) is 30.2 Å². The van der Waals surface area contributed by atoms with Crippen molar-refractivity contribution in [2.45, 2.75) is 24.9 Å². The van der Waals surface area contributed by atoms with E-state index in [0.29, 0.717) is 18.8 Å². The van der Waals surface area contributed by atoms with Gasteiger partial charge in [0.2, 0.25) is 5.82 Å². The number of hydrogen-bond acceptors (Lipinski definition) is 8. The second-order valence-electron chi connectivity index (χ2n) is 6.23. The topological polar surface area (TPSA) is 111 Å². The van der Waals surface area contributed by atoms with Gasteiger partial charge in [0, 0.05) is 31.3 Å². The van der Waals surface area contributed by atoms with E-state index in [4.69, 9.17) is 4.52 Å². The van der Waals surface area contributed by atoms with Crippen molar-refractivity contribution in [3.05, 3.63) is 42.0 Å². The van der Waals surface area contributed by atoms with E-state index < -0.39 is 12.1 Å². The molecule has 0 unspecified atom stereocenters. The first-order valence-corrected chi connectivity index (χ1v) is 8.34. The first-order valence-electron chi connectivity index (χ1n) is 8.34. The van der Waals surface area contributed by atoms with Gasteiger partial charge in [-0.2, -0.15) is 18.2 Å². The summed E-state index contributed by atoms with van der Waals surface area (Å²) in [6.07, 6.45) is 0.853. The van der Waals surface area contributed by atoms with E-state index in [1.54, 1.807) is 4.90 Å². The molecular weight excluding hydrogens is 381 g/mol. The molecule has 0 saturated carbocycles. The van der Waals surface area contributed by atoms with Crippen LogP contribution in [0.25, 0.3) is 11.5 Å². The molecule has 1 aliphatic heterocycles. The number of piperidine rings is 1. The number of rotatable bonds is 3. The van der Waals surface area contributed by atoms with Gasteiger partial charge in [0.05, 0.1) is 11.9 Å². The van der Waals surface area contributed by atoms with Crippen LogP contribution in [0.5, 0.6) is 0 Å². The molecule has 1 amide bonds. The van der Waals surface area contributed by atoms with Crippen molar-refractivity contribution in [3.8, 4) is 11.5 Å². The minimum absolute atomic E-state index is 0.0664. The molecule has 1 aliphatic rings. The Bertz CT molecular complexity index is 972. The summed E-state index contributed by atoms with van der Waals surface area (Å²) < 4.78 is 46.9. The number of amides is 1. The maximum absolute atomic E-state index is 12.6. The Morgan fingerprint density at radius 2 is 2.07 bits per heavy atom. The summed E-state index contributed by atoms with van der Waals surface area (Å²) >= 11 is 0. The van der Waals surface area contributed by atoms with Gasteiger partial charge in [-0.3, -0.25) is 9.78 Å². The van der Waals surface area contributed by atoms with Crippen LogP contribution in [0.3, 0.4) is 0 Å². The predicted octanol–water partition coefficient (Wildman–Crippen LogP) is 2.55. The molecule has 0 bridgehead atoms. The van der Waals surface area contributed by atoms with Crippen LogP contribution in [0.4, 0.5) is 13.2 Å². The van der Waals surface area contributed by atoms with Gasteiger partial charge < -0.3 is 13.9 Å². The van der Waals surface area contributed by atoms with E-state index in [1.165, 1.54) is 24.7 Å². The standard InChI is InChI=1S/C16H13F3N6O3/c17-16(18,19)15-22-13(24-28-15)12-7-20-6-11(21-12)9-2-1-4-25(8-9)14(26)10-3-5-27-23-10/h3,5-7,9H,1-2,4,8H2/t9-/m0/s1. The smallest absolute Gasteiger partial charge is 0.364 e. The summed E-state index contributed by atoms with van der Waals surface area (Å²) in [5.41, 5.74) is 0.817. The fourth-order valence-corrected chi connectivity index (χ4v) is 3.02. The van der Waals surface area contributed by atoms with Crippen molar-refractivity contribution in [3.63, 3.8) is 0 Å². The Labute approximate surface area is 155 Å². The Morgan fingerprint density at radius 3 is 2.79 bits per heavy atom. The van der Waals surface area contributed by atoms with Crippen LogP contribution in [0, 0.1) is 0 Å². The summed E-state index contributed by atoms with van der Waals surface area (Å²) in [7, 11) is 0. The number of aromatic nitrogens is 5. The van der Waals surface area contributed by atoms with Gasteiger partial charge in [0.25, 0.3) is 5.91 Å². The molecule has 12 heteroatoms. The summed E-state index contributed by atoms with van der Waals surface area (Å²) in [6.45, 7) is 0.943. The highest BCUT2D eigenvalue weighted by Crippen LogP contribution is 2.30. The second kappa shape index (κ2) is 7.02. The van der Waals surface area contributed by atoms with Crippen molar-refractivity contribution in [1.29, 1.82) is 0 Å². The van der Waals surface area contributed by atoms with Crippen LogP contribution in [-0.2, 0) is 6.18 Å². The SMILES string of the molecule is O=C(c1ccon1)N1CCC[C@H](c2cncc(-c3noc(C(F)(F)F)n3)n2)C1. The van der Waals surface area contributed by atoms with Gasteiger partial charge in [0.1, 0.15) is 12.0 Å². The molecule has 28 heavy (non-hydrogen) atoms. The van der Waals surface area contributed by atoms with Gasteiger partial charge >= 0.3 is 12.1 Å². The molecule has 9 nitrogen and oxygen atoms in total. The molecule has 1 saturated heterocycles. The van der Waals surface area contributed by atoms with Crippen LogP contribution in [0.2, 0.25) is 0 Å². The Balaban J connectivity index is 1.54. The van der Waals surface area contributed by atoms with Crippen LogP contribution in [-0.4, -0.2) is 49.2 Å². The zero-order chi connectivity index (χ0) is 19.7. The van der Waals surface area contributed by atoms with Crippen LogP contribution in [0.15, 0.2) is 33.8 Å². The van der Waals surface area contributed by atoms with Crippen LogP contribution >= 0.6 is 0 Å². The lowest BCUT2D eigenvalue weighted by molar-refractivity contribution is -0.159. The third-order valence-corrected chi connectivity index (χ3v) is 4.33. The fraction of sp³-hybridized carbons (Fsp3) is 0.375. The van der Waals surface area contributed by atoms with Crippen molar-refractivity contribution in [2.75, 3.05) is 13.1 Å². The zero-order valence-electron chi connectivity index (χ0n) is 14.3. The van der Waals surface area contributed by atoms with Gasteiger partial charge in [-0.15, -0.1) is 0 Å². The van der Waals surface area contributed by atoms with E-state index in [-0.39, 0.29) is 29.0 Å². The summed E-state index contributed by atoms with van der Waals surface area (Å²) in [5.74, 6) is -2.13. The molecule has 0 radical (unpaired) electrons. The molecule has 1 atom stereocenters. The predicted molar refractivity (Wildman–Crippen MR) is 84.7 cm³/mol. The number of carbonyl (C=O) groups excluding carboxylic acids is 1. The molecule has 4 heterocycles. The van der Waals surface area contributed by atoms with Crippen molar-refractivity contribution >= 4 is 5.91 Å². The minimum atomic E-state index is -4.73. The minimum Gasteiger partial charge on any atom is -0.364 e. The average Bonchev–Trinajstić information content (AvgIpc) is 3.39. The Hall–Kier alpha value is -3.31. The third-order valence-electron chi connectivity index (χ3n) is 4.33. The molecule has 0 aliphatic carbocycles. The normalized spacial score (nSPS) is 17.7. The van der Waals surface area contributed by atoms with E-state index in [1.807, 2.05) is 0 Å². The number of carbonyl (C=O) groups is 1. The van der Waals surface area contributed by atoms with Crippen molar-refractivity contribution < 1.29 is 27.0 Å². The van der Waals surface area contributed by atoms with E-state index >= 15 is 0 Å². The lowest BCUT2D eigenvalue weighted by atomic mass is 9.94. The van der Waals surface area contributed by atoms with Gasteiger partial charge in [-0.1, -0.05) is 10.3 Å². The first-order chi connectivity index (χ1) is 13.4. The van der Waals surface area contributed by atoms with Crippen LogP contribution in [0.1, 0.15) is 40.8 Å². The lowest BCUT2D eigenvalue weighted by Crippen LogP contribution is -2.39. The number of halogens is 3. The number of nitrogens with zero attached hydrogens (tertiary/aromatic N) is 6. The average molecular weight is 394 g/mol. The highest BCUT2D eigenvalue weighted by Gasteiger charge is 2.38. The maximum Gasteiger partial charge on any atom is 0.471 e. The quantitative estimate of drug-likeness (QED) is 0.666.